The highest BCUT2D eigenvalue weighted by molar-refractivity contribution is 6.25. The Labute approximate surface area is 274 Å². The zero-order chi connectivity index (χ0) is 31.3. The Hall–Kier alpha value is -6.45. The number of furan rings is 2. The van der Waals surface area contributed by atoms with Gasteiger partial charge >= 0.3 is 0 Å². The zero-order valence-electron chi connectivity index (χ0n) is 25.7. The summed E-state index contributed by atoms with van der Waals surface area (Å²) >= 11 is 0. The molecule has 11 aromatic rings. The number of aromatic nitrogens is 1. The van der Waals surface area contributed by atoms with Crippen molar-refractivity contribution >= 4 is 87.0 Å². The lowest BCUT2D eigenvalue weighted by Gasteiger charge is -2.10. The third-order valence-corrected chi connectivity index (χ3v) is 10.0. The minimum atomic E-state index is 0.872. The van der Waals surface area contributed by atoms with E-state index in [0.717, 1.165) is 76.9 Å². The van der Waals surface area contributed by atoms with Gasteiger partial charge in [0.15, 0.2) is 0 Å². The molecule has 3 nitrogen and oxygen atoms in total. The summed E-state index contributed by atoms with van der Waals surface area (Å²) in [6.07, 6.45) is 3.89. The van der Waals surface area contributed by atoms with Crippen LogP contribution in [-0.4, -0.2) is 4.98 Å². The number of nitrogens with zero attached hydrogens (tertiary/aromatic N) is 1. The van der Waals surface area contributed by atoms with Gasteiger partial charge in [0.1, 0.15) is 22.3 Å². The van der Waals surface area contributed by atoms with Gasteiger partial charge in [-0.3, -0.25) is 4.98 Å². The van der Waals surface area contributed by atoms with E-state index in [9.17, 15) is 0 Å². The molecule has 0 aliphatic carbocycles. The SMILES string of the molecule is c1ccc2cc3c(cc2c1)oc1c(-c2cncc(-c4cc5ccccc5c5c4oc4cc6ccccc6cc45)c2)cc2ccccc2c13. The molecule has 48 heavy (non-hydrogen) atoms. The van der Waals surface area contributed by atoms with Crippen molar-refractivity contribution in [3.63, 3.8) is 0 Å². The minimum absolute atomic E-state index is 0.872. The fraction of sp³-hybridized carbons (Fsp3) is 0. The summed E-state index contributed by atoms with van der Waals surface area (Å²) in [4.78, 5) is 4.83. The average Bonchev–Trinajstić information content (AvgIpc) is 3.70. The maximum atomic E-state index is 6.76. The number of rotatable bonds is 2. The van der Waals surface area contributed by atoms with Crippen molar-refractivity contribution in [2.45, 2.75) is 0 Å². The van der Waals surface area contributed by atoms with Gasteiger partial charge in [0, 0.05) is 56.2 Å². The summed E-state index contributed by atoms with van der Waals surface area (Å²) in [5.41, 5.74) is 7.55. The molecule has 3 aromatic heterocycles. The molecule has 0 bridgehead atoms. The second-order valence-electron chi connectivity index (χ2n) is 12.8. The second-order valence-corrected chi connectivity index (χ2v) is 12.8. The van der Waals surface area contributed by atoms with Crippen LogP contribution in [0.3, 0.4) is 0 Å². The van der Waals surface area contributed by atoms with E-state index < -0.39 is 0 Å². The molecule has 3 heteroatoms. The molecule has 0 spiro atoms. The Morgan fingerprint density at radius 2 is 0.750 bits per heavy atom. The highest BCUT2D eigenvalue weighted by Gasteiger charge is 2.20. The van der Waals surface area contributed by atoms with Gasteiger partial charge in [0.25, 0.3) is 0 Å². The van der Waals surface area contributed by atoms with Gasteiger partial charge in [-0.15, -0.1) is 0 Å². The highest BCUT2D eigenvalue weighted by atomic mass is 16.3. The first kappa shape index (κ1) is 25.7. The van der Waals surface area contributed by atoms with E-state index in [-0.39, 0.29) is 0 Å². The summed E-state index contributed by atoms with van der Waals surface area (Å²) in [5, 5.41) is 13.9. The van der Waals surface area contributed by atoms with Gasteiger partial charge in [0.05, 0.1) is 0 Å². The van der Waals surface area contributed by atoms with E-state index >= 15 is 0 Å². The molecule has 11 rings (SSSR count). The Bertz CT molecular complexity index is 2920. The van der Waals surface area contributed by atoms with Gasteiger partial charge in [-0.25, -0.2) is 0 Å². The molecule has 0 aliphatic heterocycles. The van der Waals surface area contributed by atoms with Crippen LogP contribution in [0.4, 0.5) is 0 Å². The average molecular weight is 612 g/mol. The van der Waals surface area contributed by atoms with Gasteiger partial charge < -0.3 is 8.83 Å². The maximum absolute atomic E-state index is 6.76. The molecule has 222 valence electrons. The van der Waals surface area contributed by atoms with E-state index in [1.807, 2.05) is 12.4 Å². The molecule has 0 aliphatic rings. The van der Waals surface area contributed by atoms with Crippen LogP contribution in [0.15, 0.2) is 161 Å². The van der Waals surface area contributed by atoms with Crippen LogP contribution in [0.2, 0.25) is 0 Å². The third kappa shape index (κ3) is 3.61. The standard InChI is InChI=1S/C45H25NO2/c1-3-11-28-22-40-38(18-26(28)9-1)42-34-15-7-5-13-30(34)20-36(44(42)47-40)32-17-33(25-46-24-32)37-21-31-14-6-8-16-35(31)43-39-19-27-10-2-4-12-29(27)23-41(39)48-45(37)43/h1-25H. The summed E-state index contributed by atoms with van der Waals surface area (Å²) in [6, 6.07) is 49.6. The van der Waals surface area contributed by atoms with Crippen LogP contribution < -0.4 is 0 Å². The monoisotopic (exact) mass is 611 g/mol. The molecule has 3 heterocycles. The molecule has 0 radical (unpaired) electrons. The summed E-state index contributed by atoms with van der Waals surface area (Å²) in [5.74, 6) is 0. The molecule has 0 fully saturated rings. The predicted molar refractivity (Wildman–Crippen MR) is 200 cm³/mol. The Morgan fingerprint density at radius 1 is 0.354 bits per heavy atom. The molecule has 0 saturated heterocycles. The van der Waals surface area contributed by atoms with Crippen LogP contribution in [0.25, 0.3) is 109 Å². The van der Waals surface area contributed by atoms with Gasteiger partial charge in [0.2, 0.25) is 0 Å². The topological polar surface area (TPSA) is 39.2 Å². The van der Waals surface area contributed by atoms with E-state index in [4.69, 9.17) is 13.8 Å². The third-order valence-electron chi connectivity index (χ3n) is 10.0. The smallest absolute Gasteiger partial charge is 0.143 e. The maximum Gasteiger partial charge on any atom is 0.143 e. The van der Waals surface area contributed by atoms with Crippen molar-refractivity contribution in [1.29, 1.82) is 0 Å². The fourth-order valence-electron chi connectivity index (χ4n) is 7.79. The largest absolute Gasteiger partial charge is 0.455 e. The zero-order valence-corrected chi connectivity index (χ0v) is 25.7. The molecular weight excluding hydrogens is 587 g/mol. The van der Waals surface area contributed by atoms with Crippen molar-refractivity contribution in [3.8, 4) is 22.3 Å². The van der Waals surface area contributed by atoms with Crippen molar-refractivity contribution in [1.82, 2.24) is 4.98 Å². The van der Waals surface area contributed by atoms with E-state index in [2.05, 4.69) is 140 Å². The lowest BCUT2D eigenvalue weighted by Crippen LogP contribution is -1.87. The van der Waals surface area contributed by atoms with Crippen molar-refractivity contribution < 1.29 is 8.83 Å². The van der Waals surface area contributed by atoms with Crippen LogP contribution in [0.1, 0.15) is 0 Å². The highest BCUT2D eigenvalue weighted by Crippen LogP contribution is 2.45. The van der Waals surface area contributed by atoms with Crippen LogP contribution in [-0.2, 0) is 0 Å². The predicted octanol–water partition coefficient (Wildman–Crippen LogP) is 12.8. The first-order valence-corrected chi connectivity index (χ1v) is 16.3. The number of pyridine rings is 1. The van der Waals surface area contributed by atoms with Crippen LogP contribution in [0.5, 0.6) is 0 Å². The number of hydrogen-bond acceptors (Lipinski definition) is 3. The summed E-state index contributed by atoms with van der Waals surface area (Å²) in [7, 11) is 0. The quantitative estimate of drug-likeness (QED) is 0.195. The molecule has 0 N–H and O–H groups in total. The lowest BCUT2D eigenvalue weighted by molar-refractivity contribution is 0.670. The van der Waals surface area contributed by atoms with Crippen molar-refractivity contribution in [2.24, 2.45) is 0 Å². The first-order valence-electron chi connectivity index (χ1n) is 16.3. The minimum Gasteiger partial charge on any atom is -0.455 e. The summed E-state index contributed by atoms with van der Waals surface area (Å²) in [6.45, 7) is 0. The normalized spacial score (nSPS) is 12.2. The molecule has 8 aromatic carbocycles. The Kier molecular flexibility index (Phi) is 5.11. The number of hydrogen-bond donors (Lipinski definition) is 0. The van der Waals surface area contributed by atoms with Crippen LogP contribution in [0, 0.1) is 0 Å². The van der Waals surface area contributed by atoms with Crippen molar-refractivity contribution in [2.75, 3.05) is 0 Å². The number of fused-ring (bicyclic) bond motifs is 12. The molecule has 0 atom stereocenters. The van der Waals surface area contributed by atoms with Gasteiger partial charge in [-0.2, -0.15) is 0 Å². The fourth-order valence-corrected chi connectivity index (χ4v) is 7.79. The lowest BCUT2D eigenvalue weighted by atomic mass is 9.93. The molecular formula is C45H25NO2. The van der Waals surface area contributed by atoms with Crippen LogP contribution >= 0.6 is 0 Å². The Morgan fingerprint density at radius 3 is 1.21 bits per heavy atom. The second kappa shape index (κ2) is 9.54. The Balaban J connectivity index is 1.20. The molecule has 0 amide bonds. The number of benzene rings is 8. The van der Waals surface area contributed by atoms with E-state index in [1.54, 1.807) is 0 Å². The van der Waals surface area contributed by atoms with Crippen molar-refractivity contribution in [3.05, 3.63) is 152 Å². The molecule has 0 saturated carbocycles. The van der Waals surface area contributed by atoms with E-state index in [1.165, 1.54) is 32.3 Å². The van der Waals surface area contributed by atoms with Gasteiger partial charge in [-0.05, 0) is 85.6 Å². The molecule has 0 unspecified atom stereocenters. The first-order chi connectivity index (χ1) is 23.8. The van der Waals surface area contributed by atoms with Gasteiger partial charge in [-0.1, -0.05) is 97.1 Å². The summed E-state index contributed by atoms with van der Waals surface area (Å²) < 4.78 is 13.5. The van der Waals surface area contributed by atoms with E-state index in [0.29, 0.717) is 0 Å².